The first-order chi connectivity index (χ1) is 16.2. The lowest BCUT2D eigenvalue weighted by molar-refractivity contribution is -0.0857. The first-order valence-electron chi connectivity index (χ1n) is 11.7. The van der Waals surface area contributed by atoms with Crippen LogP contribution in [0.3, 0.4) is 0 Å². The normalized spacial score (nSPS) is 18.6. The Bertz CT molecular complexity index is 1350. The lowest BCUT2D eigenvalue weighted by Gasteiger charge is -2.43. The molecule has 0 atom stereocenters. The molecule has 0 saturated carbocycles. The summed E-state index contributed by atoms with van der Waals surface area (Å²) in [6.07, 6.45) is 0.908. The molecule has 3 aromatic rings. The molecular weight excluding hydrogens is 448 g/mol. The van der Waals surface area contributed by atoms with Crippen molar-refractivity contribution in [2.45, 2.75) is 44.2 Å². The minimum absolute atomic E-state index is 0.0294. The second kappa shape index (κ2) is 8.48. The summed E-state index contributed by atoms with van der Waals surface area (Å²) >= 11 is 0. The van der Waals surface area contributed by atoms with E-state index < -0.39 is 15.7 Å². The molecule has 5 rings (SSSR count). The molecule has 0 aliphatic carbocycles. The van der Waals surface area contributed by atoms with Crippen LogP contribution in [0.25, 0.3) is 10.8 Å². The van der Waals surface area contributed by atoms with E-state index in [0.717, 1.165) is 27.5 Å². The number of rotatable bonds is 3. The Labute approximate surface area is 201 Å². The van der Waals surface area contributed by atoms with Crippen molar-refractivity contribution in [2.24, 2.45) is 0 Å². The lowest BCUT2D eigenvalue weighted by Crippen LogP contribution is -2.55. The van der Waals surface area contributed by atoms with Crippen molar-refractivity contribution < 1.29 is 17.9 Å². The molecule has 2 fully saturated rings. The Hall–Kier alpha value is -2.74. The summed E-state index contributed by atoms with van der Waals surface area (Å²) in [6.45, 7) is 7.25. The molecule has 1 spiro atoms. The number of nitrogens with zero attached hydrogens (tertiary/aromatic N) is 2. The van der Waals surface area contributed by atoms with Crippen LogP contribution in [0, 0.1) is 20.8 Å². The number of aryl methyl sites for hydroxylation is 3. The van der Waals surface area contributed by atoms with E-state index >= 15 is 0 Å². The quantitative estimate of drug-likeness (QED) is 0.559. The fraction of sp³-hybridized carbons (Fsp3) is 0.370. The molecule has 6 nitrogen and oxygen atoms in total. The van der Waals surface area contributed by atoms with Crippen molar-refractivity contribution in [3.05, 3.63) is 76.9 Å². The average molecular weight is 479 g/mol. The summed E-state index contributed by atoms with van der Waals surface area (Å²) in [7, 11) is -3.73. The van der Waals surface area contributed by atoms with Crippen LogP contribution < -0.4 is 0 Å². The van der Waals surface area contributed by atoms with Gasteiger partial charge in [0.1, 0.15) is 5.72 Å². The Kier molecular flexibility index (Phi) is 5.74. The molecule has 0 unspecified atom stereocenters. The third-order valence-corrected chi connectivity index (χ3v) is 9.36. The highest BCUT2D eigenvalue weighted by Gasteiger charge is 2.51. The van der Waals surface area contributed by atoms with Crippen LogP contribution in [-0.2, 0) is 14.8 Å². The fourth-order valence-electron chi connectivity index (χ4n) is 5.58. The molecule has 2 heterocycles. The van der Waals surface area contributed by atoms with Gasteiger partial charge in [0.15, 0.2) is 0 Å². The summed E-state index contributed by atoms with van der Waals surface area (Å²) in [5, 5.41) is 2.13. The van der Waals surface area contributed by atoms with Crippen molar-refractivity contribution in [1.82, 2.24) is 9.21 Å². The molecule has 34 heavy (non-hydrogen) atoms. The zero-order valence-corrected chi connectivity index (χ0v) is 20.7. The number of fused-ring (bicyclic) bond motifs is 1. The molecule has 2 aliphatic heterocycles. The van der Waals surface area contributed by atoms with Crippen molar-refractivity contribution in [2.75, 3.05) is 26.2 Å². The van der Waals surface area contributed by atoms with Crippen molar-refractivity contribution in [1.29, 1.82) is 0 Å². The van der Waals surface area contributed by atoms with Gasteiger partial charge in [0.25, 0.3) is 5.91 Å². The smallest absolute Gasteiger partial charge is 0.253 e. The molecular formula is C27H30N2O4S. The Morgan fingerprint density at radius 3 is 2.21 bits per heavy atom. The maximum absolute atomic E-state index is 13.8. The Morgan fingerprint density at radius 2 is 1.53 bits per heavy atom. The van der Waals surface area contributed by atoms with Crippen LogP contribution in [0.1, 0.15) is 39.9 Å². The molecule has 0 aromatic heterocycles. The SMILES string of the molecule is Cc1cc(C)c(S(=O)(=O)N2CCOC23CCN(C(=O)c2ccc4ccccc4c2)CC3)c(C)c1. The van der Waals surface area contributed by atoms with E-state index in [2.05, 4.69) is 0 Å². The topological polar surface area (TPSA) is 66.9 Å². The van der Waals surface area contributed by atoms with E-state index in [0.29, 0.717) is 49.5 Å². The van der Waals surface area contributed by atoms with E-state index in [1.807, 2.05) is 80.3 Å². The number of benzene rings is 3. The second-order valence-corrected chi connectivity index (χ2v) is 11.3. The number of amides is 1. The molecule has 0 bridgehead atoms. The maximum Gasteiger partial charge on any atom is 0.253 e. The van der Waals surface area contributed by atoms with Crippen LogP contribution in [0.4, 0.5) is 0 Å². The molecule has 2 aliphatic rings. The van der Waals surface area contributed by atoms with Gasteiger partial charge in [0.2, 0.25) is 10.0 Å². The minimum atomic E-state index is -3.73. The zero-order valence-electron chi connectivity index (χ0n) is 19.9. The highest BCUT2D eigenvalue weighted by Crippen LogP contribution is 2.40. The van der Waals surface area contributed by atoms with Crippen LogP contribution >= 0.6 is 0 Å². The van der Waals surface area contributed by atoms with Gasteiger partial charge in [0.05, 0.1) is 11.5 Å². The van der Waals surface area contributed by atoms with Gasteiger partial charge in [-0.25, -0.2) is 8.42 Å². The summed E-state index contributed by atoms with van der Waals surface area (Å²) in [4.78, 5) is 15.4. The predicted octanol–water partition coefficient (Wildman–Crippen LogP) is 4.42. The van der Waals surface area contributed by atoms with Gasteiger partial charge in [0, 0.05) is 38.0 Å². The Balaban J connectivity index is 1.37. The number of hydrogen-bond acceptors (Lipinski definition) is 4. The van der Waals surface area contributed by atoms with Gasteiger partial charge >= 0.3 is 0 Å². The zero-order chi connectivity index (χ0) is 24.1. The third-order valence-electron chi connectivity index (χ3n) is 7.10. The van der Waals surface area contributed by atoms with E-state index in [-0.39, 0.29) is 5.91 Å². The standard InChI is InChI=1S/C27H30N2O4S/c1-19-16-20(2)25(21(3)17-19)34(31,32)29-14-15-33-27(29)10-12-28(13-11-27)26(30)24-9-8-22-6-4-5-7-23(22)18-24/h4-9,16-18H,10-15H2,1-3H3. The highest BCUT2D eigenvalue weighted by molar-refractivity contribution is 7.89. The minimum Gasteiger partial charge on any atom is -0.358 e. The van der Waals surface area contributed by atoms with Gasteiger partial charge in [-0.3, -0.25) is 4.79 Å². The molecule has 1 amide bonds. The van der Waals surface area contributed by atoms with E-state index in [9.17, 15) is 13.2 Å². The lowest BCUT2D eigenvalue weighted by atomic mass is 9.99. The van der Waals surface area contributed by atoms with Crippen LogP contribution in [0.2, 0.25) is 0 Å². The number of hydrogen-bond donors (Lipinski definition) is 0. The largest absolute Gasteiger partial charge is 0.358 e. The summed E-state index contributed by atoms with van der Waals surface area (Å²) in [5.74, 6) is -0.0294. The van der Waals surface area contributed by atoms with Gasteiger partial charge in [-0.1, -0.05) is 48.0 Å². The number of carbonyl (C=O) groups is 1. The molecule has 0 radical (unpaired) electrons. The van der Waals surface area contributed by atoms with Crippen molar-refractivity contribution in [3.8, 4) is 0 Å². The monoisotopic (exact) mass is 478 g/mol. The summed E-state index contributed by atoms with van der Waals surface area (Å²) < 4.78 is 35.2. The third kappa shape index (κ3) is 3.82. The summed E-state index contributed by atoms with van der Waals surface area (Å²) in [6, 6.07) is 17.5. The highest BCUT2D eigenvalue weighted by atomic mass is 32.2. The fourth-order valence-corrected chi connectivity index (χ4v) is 7.72. The first-order valence-corrected chi connectivity index (χ1v) is 13.2. The van der Waals surface area contributed by atoms with Crippen molar-refractivity contribution >= 4 is 26.7 Å². The van der Waals surface area contributed by atoms with E-state index in [4.69, 9.17) is 4.74 Å². The molecule has 0 N–H and O–H groups in total. The van der Waals surface area contributed by atoms with E-state index in [1.165, 1.54) is 0 Å². The van der Waals surface area contributed by atoms with Crippen LogP contribution in [0.5, 0.6) is 0 Å². The first kappa shape index (κ1) is 23.0. The molecule has 178 valence electrons. The van der Waals surface area contributed by atoms with Gasteiger partial charge in [-0.05, 0) is 54.8 Å². The van der Waals surface area contributed by atoms with Crippen LogP contribution in [0.15, 0.2) is 59.5 Å². The number of ether oxygens (including phenoxy) is 1. The second-order valence-electron chi connectivity index (χ2n) is 9.45. The van der Waals surface area contributed by atoms with Crippen molar-refractivity contribution in [3.63, 3.8) is 0 Å². The van der Waals surface area contributed by atoms with Crippen LogP contribution in [-0.4, -0.2) is 55.5 Å². The molecule has 3 aromatic carbocycles. The van der Waals surface area contributed by atoms with Gasteiger partial charge in [-0.15, -0.1) is 0 Å². The summed E-state index contributed by atoms with van der Waals surface area (Å²) in [5.41, 5.74) is 2.30. The van der Waals surface area contributed by atoms with Gasteiger partial charge < -0.3 is 9.64 Å². The Morgan fingerprint density at radius 1 is 0.882 bits per heavy atom. The number of carbonyl (C=O) groups excluding carboxylic acids is 1. The molecule has 2 saturated heterocycles. The van der Waals surface area contributed by atoms with Gasteiger partial charge in [-0.2, -0.15) is 4.31 Å². The maximum atomic E-state index is 13.8. The predicted molar refractivity (Wildman–Crippen MR) is 132 cm³/mol. The molecule has 7 heteroatoms. The average Bonchev–Trinajstić information content (AvgIpc) is 3.22. The number of piperidine rings is 1. The number of sulfonamides is 1. The van der Waals surface area contributed by atoms with E-state index in [1.54, 1.807) is 4.31 Å². The number of likely N-dealkylation sites (tertiary alicyclic amines) is 1.